The lowest BCUT2D eigenvalue weighted by atomic mass is 10.3. The van der Waals surface area contributed by atoms with E-state index in [0.29, 0.717) is 14.9 Å². The molecule has 6 heteroatoms. The fourth-order valence-corrected chi connectivity index (χ4v) is 4.15. The fourth-order valence-electron chi connectivity index (χ4n) is 1.97. The van der Waals surface area contributed by atoms with E-state index in [0.717, 1.165) is 4.88 Å². The molecule has 0 N–H and O–H groups in total. The third-order valence-corrected chi connectivity index (χ3v) is 5.14. The zero-order chi connectivity index (χ0) is 15.0. The average Bonchev–Trinajstić information content (AvgIpc) is 2.94. The SMILES string of the molecule is Cc1ccc(C=C2SC(=S)N(c3cccc(F)c3)C2=O)s1. The van der Waals surface area contributed by atoms with Crippen LogP contribution in [0.1, 0.15) is 9.75 Å². The molecule has 21 heavy (non-hydrogen) atoms. The molecule has 0 spiro atoms. The highest BCUT2D eigenvalue weighted by Gasteiger charge is 2.33. The van der Waals surface area contributed by atoms with Gasteiger partial charge in [-0.2, -0.15) is 0 Å². The van der Waals surface area contributed by atoms with E-state index >= 15 is 0 Å². The summed E-state index contributed by atoms with van der Waals surface area (Å²) in [6, 6.07) is 9.86. The predicted octanol–water partition coefficient (Wildman–Crippen LogP) is 4.60. The van der Waals surface area contributed by atoms with Crippen molar-refractivity contribution in [2.75, 3.05) is 4.90 Å². The zero-order valence-electron chi connectivity index (χ0n) is 11.0. The van der Waals surface area contributed by atoms with Crippen molar-refractivity contribution in [3.8, 4) is 0 Å². The monoisotopic (exact) mass is 335 g/mol. The predicted molar refractivity (Wildman–Crippen MR) is 91.1 cm³/mol. The van der Waals surface area contributed by atoms with Gasteiger partial charge in [0.25, 0.3) is 5.91 Å². The van der Waals surface area contributed by atoms with Crippen LogP contribution in [0.2, 0.25) is 0 Å². The van der Waals surface area contributed by atoms with Gasteiger partial charge in [-0.25, -0.2) is 4.39 Å². The maximum absolute atomic E-state index is 13.3. The van der Waals surface area contributed by atoms with Gasteiger partial charge >= 0.3 is 0 Å². The Balaban J connectivity index is 1.94. The number of carbonyl (C=O) groups excluding carboxylic acids is 1. The van der Waals surface area contributed by atoms with Gasteiger partial charge in [0.15, 0.2) is 4.32 Å². The molecule has 0 radical (unpaired) electrons. The number of anilines is 1. The molecule has 0 saturated carbocycles. The van der Waals surface area contributed by atoms with Gasteiger partial charge in [0.05, 0.1) is 10.6 Å². The Morgan fingerprint density at radius 3 is 2.76 bits per heavy atom. The van der Waals surface area contributed by atoms with Crippen LogP contribution in [0.25, 0.3) is 6.08 Å². The molecule has 2 aromatic rings. The number of thioether (sulfide) groups is 1. The number of aryl methyl sites for hydroxylation is 1. The summed E-state index contributed by atoms with van der Waals surface area (Å²) in [6.07, 6.45) is 1.83. The number of thiocarbonyl (C=S) groups is 1. The third kappa shape index (κ3) is 2.92. The van der Waals surface area contributed by atoms with E-state index in [9.17, 15) is 9.18 Å². The van der Waals surface area contributed by atoms with Crippen LogP contribution in [0.15, 0.2) is 41.3 Å². The summed E-state index contributed by atoms with van der Waals surface area (Å²) >= 11 is 8.10. The highest BCUT2D eigenvalue weighted by atomic mass is 32.2. The molecule has 1 amide bonds. The van der Waals surface area contributed by atoms with E-state index in [1.54, 1.807) is 23.5 Å². The summed E-state index contributed by atoms with van der Waals surface area (Å²) in [4.78, 5) is 16.6. The number of amides is 1. The van der Waals surface area contributed by atoms with E-state index in [4.69, 9.17) is 12.2 Å². The first-order valence-corrected chi connectivity index (χ1v) is 8.19. The third-order valence-electron chi connectivity index (χ3n) is 2.89. The van der Waals surface area contributed by atoms with Crippen molar-refractivity contribution in [2.24, 2.45) is 0 Å². The second kappa shape index (κ2) is 5.71. The van der Waals surface area contributed by atoms with E-state index in [1.807, 2.05) is 25.1 Å². The van der Waals surface area contributed by atoms with Crippen molar-refractivity contribution < 1.29 is 9.18 Å². The molecular weight excluding hydrogens is 325 g/mol. The van der Waals surface area contributed by atoms with Crippen LogP contribution in [-0.4, -0.2) is 10.2 Å². The second-order valence-electron chi connectivity index (χ2n) is 4.45. The second-order valence-corrected chi connectivity index (χ2v) is 7.44. The highest BCUT2D eigenvalue weighted by molar-refractivity contribution is 8.27. The van der Waals surface area contributed by atoms with Crippen molar-refractivity contribution in [3.63, 3.8) is 0 Å². The normalized spacial score (nSPS) is 17.0. The fraction of sp³-hybridized carbons (Fsp3) is 0.0667. The summed E-state index contributed by atoms with van der Waals surface area (Å²) < 4.78 is 13.7. The summed E-state index contributed by atoms with van der Waals surface area (Å²) in [5, 5.41) is 0. The minimum atomic E-state index is -0.389. The van der Waals surface area contributed by atoms with E-state index in [-0.39, 0.29) is 11.7 Å². The van der Waals surface area contributed by atoms with Gasteiger partial charge in [-0.3, -0.25) is 9.69 Å². The highest BCUT2D eigenvalue weighted by Crippen LogP contribution is 2.36. The molecule has 106 valence electrons. The maximum Gasteiger partial charge on any atom is 0.270 e. The van der Waals surface area contributed by atoms with Gasteiger partial charge < -0.3 is 0 Å². The topological polar surface area (TPSA) is 20.3 Å². The van der Waals surface area contributed by atoms with E-state index in [2.05, 4.69) is 0 Å². The quantitative estimate of drug-likeness (QED) is 0.591. The number of thiophene rings is 1. The van der Waals surface area contributed by atoms with Gasteiger partial charge in [0.2, 0.25) is 0 Å². The molecule has 3 rings (SSSR count). The number of benzene rings is 1. The smallest absolute Gasteiger partial charge is 0.268 e. The number of hydrogen-bond acceptors (Lipinski definition) is 4. The van der Waals surface area contributed by atoms with Crippen molar-refractivity contribution in [1.29, 1.82) is 0 Å². The van der Waals surface area contributed by atoms with Crippen molar-refractivity contribution in [2.45, 2.75) is 6.92 Å². The lowest BCUT2D eigenvalue weighted by Crippen LogP contribution is -2.27. The maximum atomic E-state index is 13.3. The van der Waals surface area contributed by atoms with Crippen LogP contribution >= 0.6 is 35.3 Å². The van der Waals surface area contributed by atoms with Crippen LogP contribution in [0.3, 0.4) is 0 Å². The average molecular weight is 335 g/mol. The molecule has 1 aliphatic heterocycles. The minimum absolute atomic E-state index is 0.207. The van der Waals surface area contributed by atoms with Gasteiger partial charge in [-0.05, 0) is 43.3 Å². The van der Waals surface area contributed by atoms with Crippen LogP contribution in [0, 0.1) is 12.7 Å². The molecule has 2 nitrogen and oxygen atoms in total. The Bertz CT molecular complexity index is 766. The number of carbonyl (C=O) groups is 1. The molecule has 0 atom stereocenters. The minimum Gasteiger partial charge on any atom is -0.268 e. The van der Waals surface area contributed by atoms with Crippen LogP contribution in [0.4, 0.5) is 10.1 Å². The standard InChI is InChI=1S/C15H10FNOS3/c1-9-5-6-12(20-9)8-13-14(18)17(15(19)21-13)11-4-2-3-10(16)7-11/h2-8H,1H3. The lowest BCUT2D eigenvalue weighted by molar-refractivity contribution is -0.113. The largest absolute Gasteiger partial charge is 0.270 e. The number of nitrogens with zero attached hydrogens (tertiary/aromatic N) is 1. The van der Waals surface area contributed by atoms with Gasteiger partial charge in [0.1, 0.15) is 5.82 Å². The molecule has 0 bridgehead atoms. The molecule has 1 aromatic carbocycles. The first-order valence-electron chi connectivity index (χ1n) is 6.14. The van der Waals surface area contributed by atoms with Gasteiger partial charge in [-0.1, -0.05) is 30.0 Å². The molecule has 1 fully saturated rings. The molecule has 1 saturated heterocycles. The van der Waals surface area contributed by atoms with Crippen LogP contribution in [0.5, 0.6) is 0 Å². The molecule has 1 aromatic heterocycles. The number of rotatable bonds is 2. The van der Waals surface area contributed by atoms with Crippen molar-refractivity contribution in [3.05, 3.63) is 56.9 Å². The Kier molecular flexibility index (Phi) is 3.93. The molecule has 2 heterocycles. The van der Waals surface area contributed by atoms with E-state index < -0.39 is 0 Å². The van der Waals surface area contributed by atoms with Crippen molar-refractivity contribution >= 4 is 57.3 Å². The molecule has 0 unspecified atom stereocenters. The first kappa shape index (κ1) is 14.4. The van der Waals surface area contributed by atoms with Crippen LogP contribution < -0.4 is 4.90 Å². The van der Waals surface area contributed by atoms with Gasteiger partial charge in [-0.15, -0.1) is 11.3 Å². The summed E-state index contributed by atoms with van der Waals surface area (Å²) in [5.74, 6) is -0.596. The Morgan fingerprint density at radius 1 is 1.29 bits per heavy atom. The molecule has 1 aliphatic rings. The summed E-state index contributed by atoms with van der Waals surface area (Å²) in [7, 11) is 0. The molecular formula is C15H10FNOS3. The Labute approximate surface area is 135 Å². The lowest BCUT2D eigenvalue weighted by Gasteiger charge is -2.14. The summed E-state index contributed by atoms with van der Waals surface area (Å²) in [6.45, 7) is 2.01. The number of halogens is 1. The zero-order valence-corrected chi connectivity index (χ0v) is 13.4. The van der Waals surface area contributed by atoms with E-state index in [1.165, 1.54) is 33.7 Å². The van der Waals surface area contributed by atoms with Crippen LogP contribution in [-0.2, 0) is 4.79 Å². The van der Waals surface area contributed by atoms with Crippen molar-refractivity contribution in [1.82, 2.24) is 0 Å². The first-order chi connectivity index (χ1) is 10.0. The Hall–Kier alpha value is -1.50. The Morgan fingerprint density at radius 2 is 2.10 bits per heavy atom. The summed E-state index contributed by atoms with van der Waals surface area (Å²) in [5.41, 5.74) is 0.461. The number of hydrogen-bond donors (Lipinski definition) is 0. The van der Waals surface area contributed by atoms with Gasteiger partial charge in [0, 0.05) is 9.75 Å². The molecule has 0 aliphatic carbocycles.